The highest BCUT2D eigenvalue weighted by atomic mass is 35.5. The lowest BCUT2D eigenvalue weighted by Crippen LogP contribution is -2.36. The van der Waals surface area contributed by atoms with E-state index in [1.807, 2.05) is 0 Å². The molecule has 1 fully saturated rings. The Balaban J connectivity index is 1.91. The predicted octanol–water partition coefficient (Wildman–Crippen LogP) is 3.23. The highest BCUT2D eigenvalue weighted by molar-refractivity contribution is 6.34. The number of urea groups is 1. The van der Waals surface area contributed by atoms with Crippen LogP contribution >= 0.6 is 11.6 Å². The normalized spacial score (nSPS) is 21.1. The molecule has 0 radical (unpaired) electrons. The van der Waals surface area contributed by atoms with Crippen molar-refractivity contribution in [3.8, 4) is 0 Å². The lowest BCUT2D eigenvalue weighted by molar-refractivity contribution is 0.101. The highest BCUT2D eigenvalue weighted by Gasteiger charge is 2.25. The Morgan fingerprint density at radius 1 is 1.33 bits per heavy atom. The van der Waals surface area contributed by atoms with Gasteiger partial charge in [0.05, 0.1) is 11.1 Å². The summed E-state index contributed by atoms with van der Waals surface area (Å²) in [7, 11) is 1.69. The molecule has 21 heavy (non-hydrogen) atoms. The Labute approximate surface area is 129 Å². The largest absolute Gasteiger partial charge is 0.381 e. The highest BCUT2D eigenvalue weighted by Crippen LogP contribution is 2.23. The Bertz CT molecular complexity index is 548. The van der Waals surface area contributed by atoms with Gasteiger partial charge in [-0.3, -0.25) is 4.79 Å². The summed E-state index contributed by atoms with van der Waals surface area (Å²) in [5, 5.41) is 5.96. The molecule has 6 heteroatoms. The maximum absolute atomic E-state index is 11.9. The van der Waals surface area contributed by atoms with Crippen molar-refractivity contribution in [2.75, 3.05) is 12.4 Å². The fourth-order valence-corrected chi connectivity index (χ4v) is 2.83. The summed E-state index contributed by atoms with van der Waals surface area (Å²) in [6, 6.07) is 4.70. The average Bonchev–Trinajstić information content (AvgIpc) is 2.85. The number of hydrogen-bond donors (Lipinski definition) is 2. The molecule has 1 aliphatic rings. The Morgan fingerprint density at radius 2 is 2.10 bits per heavy atom. The molecule has 0 aliphatic heterocycles. The molecule has 0 aromatic heterocycles. The molecule has 1 aliphatic carbocycles. The molecule has 0 bridgehead atoms. The Kier molecular flexibility index (Phi) is 5.20. The minimum atomic E-state index is -0.275. The molecular formula is C15H19ClN2O3. The summed E-state index contributed by atoms with van der Waals surface area (Å²) in [6.07, 6.45) is 2.92. The quantitative estimate of drug-likeness (QED) is 0.839. The SMILES string of the molecule is CO[C@H]1CC[C@@H](NC(=O)Nc2ccc(C(C)=O)c(Cl)c2)C1. The maximum Gasteiger partial charge on any atom is 0.319 e. The molecule has 2 N–H and O–H groups in total. The zero-order valence-corrected chi connectivity index (χ0v) is 12.9. The number of anilines is 1. The number of Topliss-reactive ketones (excluding diaryl/α,β-unsaturated/α-hetero) is 1. The van der Waals surface area contributed by atoms with Gasteiger partial charge in [0, 0.05) is 24.4 Å². The third-order valence-electron chi connectivity index (χ3n) is 3.66. The van der Waals surface area contributed by atoms with Gasteiger partial charge in [0.1, 0.15) is 0 Å². The standard InChI is InChI=1S/C15H19ClN2O3/c1-9(19)13-6-4-11(8-14(13)16)18-15(20)17-10-3-5-12(7-10)21-2/h4,6,8,10,12H,3,5,7H2,1-2H3,(H2,17,18,20)/t10-,12+/m1/s1. The van der Waals surface area contributed by atoms with E-state index < -0.39 is 0 Å². The molecule has 114 valence electrons. The lowest BCUT2D eigenvalue weighted by atomic mass is 10.1. The molecule has 2 amide bonds. The second-order valence-electron chi connectivity index (χ2n) is 5.22. The minimum Gasteiger partial charge on any atom is -0.381 e. The molecule has 1 aromatic carbocycles. The van der Waals surface area contributed by atoms with Gasteiger partial charge in [-0.2, -0.15) is 0 Å². The molecule has 5 nitrogen and oxygen atoms in total. The van der Waals surface area contributed by atoms with Crippen LogP contribution in [0.15, 0.2) is 18.2 Å². The first-order chi connectivity index (χ1) is 9.99. The van der Waals surface area contributed by atoms with Gasteiger partial charge in [0.2, 0.25) is 0 Å². The number of methoxy groups -OCH3 is 1. The van der Waals surface area contributed by atoms with Crippen LogP contribution in [0.25, 0.3) is 0 Å². The maximum atomic E-state index is 11.9. The summed E-state index contributed by atoms with van der Waals surface area (Å²) < 4.78 is 5.27. The number of nitrogens with one attached hydrogen (secondary N) is 2. The van der Waals surface area contributed by atoms with Gasteiger partial charge in [0.15, 0.2) is 5.78 Å². The van der Waals surface area contributed by atoms with E-state index in [1.165, 1.54) is 6.92 Å². The lowest BCUT2D eigenvalue weighted by Gasteiger charge is -2.14. The number of carbonyl (C=O) groups excluding carboxylic acids is 2. The zero-order valence-electron chi connectivity index (χ0n) is 12.1. The zero-order chi connectivity index (χ0) is 15.4. The van der Waals surface area contributed by atoms with Crippen LogP contribution in [0.1, 0.15) is 36.5 Å². The first kappa shape index (κ1) is 15.8. The molecule has 2 atom stereocenters. The monoisotopic (exact) mass is 310 g/mol. The van der Waals surface area contributed by atoms with Crippen molar-refractivity contribution >= 4 is 29.1 Å². The van der Waals surface area contributed by atoms with E-state index in [1.54, 1.807) is 25.3 Å². The number of halogens is 1. The topological polar surface area (TPSA) is 67.4 Å². The van der Waals surface area contributed by atoms with Crippen molar-refractivity contribution in [2.24, 2.45) is 0 Å². The molecule has 1 aromatic rings. The van der Waals surface area contributed by atoms with Gasteiger partial charge in [-0.25, -0.2) is 4.79 Å². The molecule has 0 unspecified atom stereocenters. The van der Waals surface area contributed by atoms with Crippen LogP contribution in [0.2, 0.25) is 5.02 Å². The van der Waals surface area contributed by atoms with Crippen molar-refractivity contribution in [1.82, 2.24) is 5.32 Å². The van der Waals surface area contributed by atoms with E-state index in [4.69, 9.17) is 16.3 Å². The molecular weight excluding hydrogens is 292 g/mol. The van der Waals surface area contributed by atoms with Gasteiger partial charge in [0.25, 0.3) is 0 Å². The number of benzene rings is 1. The second kappa shape index (κ2) is 6.91. The second-order valence-corrected chi connectivity index (χ2v) is 5.62. The number of carbonyl (C=O) groups is 2. The van der Waals surface area contributed by atoms with E-state index in [0.717, 1.165) is 19.3 Å². The van der Waals surface area contributed by atoms with Crippen molar-refractivity contribution < 1.29 is 14.3 Å². The van der Waals surface area contributed by atoms with Gasteiger partial charge in [-0.15, -0.1) is 0 Å². The van der Waals surface area contributed by atoms with Crippen LogP contribution < -0.4 is 10.6 Å². The van der Waals surface area contributed by atoms with E-state index >= 15 is 0 Å². The third-order valence-corrected chi connectivity index (χ3v) is 3.97. The number of rotatable bonds is 4. The van der Waals surface area contributed by atoms with Crippen molar-refractivity contribution in [1.29, 1.82) is 0 Å². The molecule has 2 rings (SSSR count). The molecule has 0 spiro atoms. The molecule has 1 saturated carbocycles. The summed E-state index contributed by atoms with van der Waals surface area (Å²) in [6.45, 7) is 1.45. The van der Waals surface area contributed by atoms with E-state index in [0.29, 0.717) is 16.3 Å². The van der Waals surface area contributed by atoms with Crippen LogP contribution in [0, 0.1) is 0 Å². The van der Waals surface area contributed by atoms with E-state index in [9.17, 15) is 9.59 Å². The molecule has 0 saturated heterocycles. The van der Waals surface area contributed by atoms with E-state index in [2.05, 4.69) is 10.6 Å². The van der Waals surface area contributed by atoms with Gasteiger partial charge >= 0.3 is 6.03 Å². The summed E-state index contributed by atoms with van der Waals surface area (Å²) >= 11 is 6.01. The van der Waals surface area contributed by atoms with Crippen LogP contribution in [-0.2, 0) is 4.74 Å². The Hall–Kier alpha value is -1.59. The Morgan fingerprint density at radius 3 is 2.67 bits per heavy atom. The predicted molar refractivity (Wildman–Crippen MR) is 82.0 cm³/mol. The third kappa shape index (κ3) is 4.19. The van der Waals surface area contributed by atoms with Crippen LogP contribution in [0.5, 0.6) is 0 Å². The van der Waals surface area contributed by atoms with Gasteiger partial charge < -0.3 is 15.4 Å². The fraction of sp³-hybridized carbons (Fsp3) is 0.467. The number of amides is 2. The number of ether oxygens (including phenoxy) is 1. The van der Waals surface area contributed by atoms with Crippen molar-refractivity contribution in [3.05, 3.63) is 28.8 Å². The summed E-state index contributed by atoms with van der Waals surface area (Å²) in [4.78, 5) is 23.2. The van der Waals surface area contributed by atoms with Crippen LogP contribution in [-0.4, -0.2) is 31.1 Å². The van der Waals surface area contributed by atoms with Gasteiger partial charge in [-0.05, 0) is 44.4 Å². The fourth-order valence-electron chi connectivity index (χ4n) is 2.52. The minimum absolute atomic E-state index is 0.104. The smallest absolute Gasteiger partial charge is 0.319 e. The van der Waals surface area contributed by atoms with Crippen LogP contribution in [0.4, 0.5) is 10.5 Å². The summed E-state index contributed by atoms with van der Waals surface area (Å²) in [5.41, 5.74) is 1.00. The first-order valence-electron chi connectivity index (χ1n) is 6.90. The summed E-state index contributed by atoms with van der Waals surface area (Å²) in [5.74, 6) is -0.104. The molecule has 0 heterocycles. The van der Waals surface area contributed by atoms with Gasteiger partial charge in [-0.1, -0.05) is 11.6 Å². The number of ketones is 1. The number of hydrogen-bond acceptors (Lipinski definition) is 3. The van der Waals surface area contributed by atoms with Crippen LogP contribution in [0.3, 0.4) is 0 Å². The van der Waals surface area contributed by atoms with Crippen molar-refractivity contribution in [3.63, 3.8) is 0 Å². The average molecular weight is 311 g/mol. The first-order valence-corrected chi connectivity index (χ1v) is 7.28. The van der Waals surface area contributed by atoms with E-state index in [-0.39, 0.29) is 24.0 Å². The van der Waals surface area contributed by atoms with Crippen molar-refractivity contribution in [2.45, 2.75) is 38.3 Å².